The van der Waals surface area contributed by atoms with Crippen LogP contribution in [0.1, 0.15) is 12.0 Å². The van der Waals surface area contributed by atoms with Gasteiger partial charge in [-0.1, -0.05) is 54.1 Å². The molecule has 0 aliphatic carbocycles. The number of aromatic nitrogens is 1. The number of thiazole rings is 1. The molecule has 2 aromatic carbocycles. The van der Waals surface area contributed by atoms with Gasteiger partial charge in [-0.25, -0.2) is 4.98 Å². The van der Waals surface area contributed by atoms with E-state index < -0.39 is 11.9 Å². The van der Waals surface area contributed by atoms with Crippen molar-refractivity contribution in [1.82, 2.24) is 4.98 Å². The maximum Gasteiger partial charge on any atom is 0.304 e. The highest BCUT2D eigenvalue weighted by atomic mass is 35.5. The summed E-state index contributed by atoms with van der Waals surface area (Å²) in [5.41, 5.74) is 2.47. The van der Waals surface area contributed by atoms with Gasteiger partial charge in [-0.2, -0.15) is 0 Å². The monoisotopic (exact) mass is 400 g/mol. The maximum atomic E-state index is 12.6. The number of amides is 1. The molecule has 0 radical (unpaired) electrons. The zero-order valence-corrected chi connectivity index (χ0v) is 15.8. The van der Waals surface area contributed by atoms with Crippen LogP contribution in [-0.2, 0) is 16.0 Å². The van der Waals surface area contributed by atoms with Crippen molar-refractivity contribution in [3.63, 3.8) is 0 Å². The van der Waals surface area contributed by atoms with Gasteiger partial charge in [0.2, 0.25) is 5.91 Å². The van der Waals surface area contributed by atoms with Gasteiger partial charge in [-0.15, -0.1) is 11.3 Å². The van der Waals surface area contributed by atoms with Gasteiger partial charge in [-0.3, -0.25) is 9.59 Å². The molecule has 0 saturated heterocycles. The van der Waals surface area contributed by atoms with Gasteiger partial charge in [0.15, 0.2) is 5.13 Å². The SMILES string of the molecule is O=C(O)C[C@@H](Cc1ccccc1)C(=O)Nc1nc(-c2cccc(Cl)c2)cs1. The van der Waals surface area contributed by atoms with Crippen molar-refractivity contribution >= 4 is 39.9 Å². The van der Waals surface area contributed by atoms with E-state index in [1.54, 1.807) is 12.1 Å². The van der Waals surface area contributed by atoms with E-state index in [4.69, 9.17) is 16.7 Å². The molecule has 2 N–H and O–H groups in total. The number of rotatable bonds is 7. The van der Waals surface area contributed by atoms with E-state index in [1.807, 2.05) is 47.8 Å². The number of carbonyl (C=O) groups is 2. The summed E-state index contributed by atoms with van der Waals surface area (Å²) < 4.78 is 0. The summed E-state index contributed by atoms with van der Waals surface area (Å²) >= 11 is 7.29. The third-order valence-corrected chi connectivity index (χ3v) is 4.96. The van der Waals surface area contributed by atoms with E-state index in [0.717, 1.165) is 11.1 Å². The quantitative estimate of drug-likeness (QED) is 0.600. The van der Waals surface area contributed by atoms with Gasteiger partial charge < -0.3 is 10.4 Å². The zero-order chi connectivity index (χ0) is 19.2. The van der Waals surface area contributed by atoms with E-state index in [-0.39, 0.29) is 12.3 Å². The van der Waals surface area contributed by atoms with Crippen molar-refractivity contribution in [2.75, 3.05) is 5.32 Å². The summed E-state index contributed by atoms with van der Waals surface area (Å²) in [7, 11) is 0. The van der Waals surface area contributed by atoms with E-state index >= 15 is 0 Å². The lowest BCUT2D eigenvalue weighted by molar-refractivity contribution is -0.140. The molecule has 1 aromatic heterocycles. The number of aliphatic carboxylic acids is 1. The molecule has 7 heteroatoms. The molecule has 3 aromatic rings. The maximum absolute atomic E-state index is 12.6. The summed E-state index contributed by atoms with van der Waals surface area (Å²) in [6.45, 7) is 0. The van der Waals surface area contributed by atoms with Crippen LogP contribution in [-0.4, -0.2) is 22.0 Å². The van der Waals surface area contributed by atoms with Gasteiger partial charge >= 0.3 is 5.97 Å². The van der Waals surface area contributed by atoms with E-state index in [9.17, 15) is 9.59 Å². The molecule has 0 saturated carbocycles. The normalized spacial score (nSPS) is 11.7. The van der Waals surface area contributed by atoms with E-state index in [1.165, 1.54) is 11.3 Å². The first kappa shape index (κ1) is 19.1. The average molecular weight is 401 g/mol. The third kappa shape index (κ3) is 5.39. The summed E-state index contributed by atoms with van der Waals surface area (Å²) in [4.78, 5) is 28.2. The van der Waals surface area contributed by atoms with Crippen LogP contribution in [0.3, 0.4) is 0 Å². The van der Waals surface area contributed by atoms with Crippen LogP contribution in [0.25, 0.3) is 11.3 Å². The zero-order valence-electron chi connectivity index (χ0n) is 14.3. The second-order valence-electron chi connectivity index (χ2n) is 6.02. The first-order valence-corrected chi connectivity index (χ1v) is 9.55. The Morgan fingerprint density at radius 3 is 2.63 bits per heavy atom. The van der Waals surface area contributed by atoms with Crippen molar-refractivity contribution in [2.45, 2.75) is 12.8 Å². The van der Waals surface area contributed by atoms with Crippen LogP contribution in [0, 0.1) is 5.92 Å². The lowest BCUT2D eigenvalue weighted by Crippen LogP contribution is -2.27. The highest BCUT2D eigenvalue weighted by Gasteiger charge is 2.23. The number of benzene rings is 2. The molecule has 0 spiro atoms. The number of hydrogen-bond acceptors (Lipinski definition) is 4. The molecule has 1 atom stereocenters. The summed E-state index contributed by atoms with van der Waals surface area (Å²) in [6, 6.07) is 16.7. The second kappa shape index (κ2) is 8.79. The molecule has 5 nitrogen and oxygen atoms in total. The Balaban J connectivity index is 1.72. The van der Waals surface area contributed by atoms with Gasteiger partial charge in [0.05, 0.1) is 18.0 Å². The standard InChI is InChI=1S/C20H17ClN2O3S/c21-16-8-4-7-14(10-16)17-12-27-20(22-17)23-19(26)15(11-18(24)25)9-13-5-2-1-3-6-13/h1-8,10,12,15H,9,11H2,(H,24,25)(H,22,23,26)/t15-/m1/s1. The van der Waals surface area contributed by atoms with E-state index in [2.05, 4.69) is 10.3 Å². The first-order chi connectivity index (χ1) is 13.0. The molecule has 0 fully saturated rings. The molecule has 0 aliphatic heterocycles. The molecule has 1 heterocycles. The minimum absolute atomic E-state index is 0.243. The smallest absolute Gasteiger partial charge is 0.304 e. The van der Waals surface area contributed by atoms with Crippen LogP contribution in [0.4, 0.5) is 5.13 Å². The predicted molar refractivity (Wildman–Crippen MR) is 107 cm³/mol. The molecule has 0 aliphatic rings. The highest BCUT2D eigenvalue weighted by molar-refractivity contribution is 7.14. The number of carboxylic acids is 1. The van der Waals surface area contributed by atoms with Crippen LogP contribution >= 0.6 is 22.9 Å². The molecule has 3 rings (SSSR count). The Morgan fingerprint density at radius 2 is 1.93 bits per heavy atom. The first-order valence-electron chi connectivity index (χ1n) is 8.29. The number of nitrogens with zero attached hydrogens (tertiary/aromatic N) is 1. The Kier molecular flexibility index (Phi) is 6.21. The Morgan fingerprint density at radius 1 is 1.15 bits per heavy atom. The number of anilines is 1. The minimum atomic E-state index is -1.01. The molecule has 138 valence electrons. The Hall–Kier alpha value is -2.70. The van der Waals surface area contributed by atoms with Gasteiger partial charge in [-0.05, 0) is 24.1 Å². The lowest BCUT2D eigenvalue weighted by Gasteiger charge is -2.14. The number of hydrogen-bond donors (Lipinski definition) is 2. The third-order valence-electron chi connectivity index (χ3n) is 3.97. The summed E-state index contributed by atoms with van der Waals surface area (Å²) in [5, 5.41) is 14.8. The summed E-state index contributed by atoms with van der Waals surface area (Å²) in [6.07, 6.45) is 0.110. The number of carboxylic acid groups (broad SMARTS) is 1. The van der Waals surface area contributed by atoms with Gasteiger partial charge in [0.25, 0.3) is 0 Å². The van der Waals surface area contributed by atoms with Crippen molar-refractivity contribution in [2.24, 2.45) is 5.92 Å². The van der Waals surface area contributed by atoms with Crippen LogP contribution < -0.4 is 5.32 Å². The molecule has 0 bridgehead atoms. The fraction of sp³-hybridized carbons (Fsp3) is 0.150. The fourth-order valence-corrected chi connectivity index (χ4v) is 3.60. The van der Waals surface area contributed by atoms with Crippen molar-refractivity contribution in [1.29, 1.82) is 0 Å². The minimum Gasteiger partial charge on any atom is -0.481 e. The summed E-state index contributed by atoms with van der Waals surface area (Å²) in [5.74, 6) is -2.04. The molecular formula is C20H17ClN2O3S. The predicted octanol–water partition coefficient (Wildman–Crippen LogP) is 4.74. The Bertz CT molecular complexity index is 943. The van der Waals surface area contributed by atoms with E-state index in [0.29, 0.717) is 22.3 Å². The van der Waals surface area contributed by atoms with Crippen LogP contribution in [0.2, 0.25) is 5.02 Å². The fourth-order valence-electron chi connectivity index (χ4n) is 2.69. The number of halogens is 1. The molecule has 27 heavy (non-hydrogen) atoms. The average Bonchev–Trinajstić information content (AvgIpc) is 3.10. The number of carbonyl (C=O) groups excluding carboxylic acids is 1. The topological polar surface area (TPSA) is 79.3 Å². The number of nitrogens with one attached hydrogen (secondary N) is 1. The second-order valence-corrected chi connectivity index (χ2v) is 7.32. The van der Waals surface area contributed by atoms with Gasteiger partial charge in [0.1, 0.15) is 0 Å². The Labute approximate surface area is 165 Å². The van der Waals surface area contributed by atoms with Crippen LogP contribution in [0.5, 0.6) is 0 Å². The molecular weight excluding hydrogens is 384 g/mol. The van der Waals surface area contributed by atoms with Crippen molar-refractivity contribution < 1.29 is 14.7 Å². The lowest BCUT2D eigenvalue weighted by atomic mass is 9.95. The largest absolute Gasteiger partial charge is 0.481 e. The van der Waals surface area contributed by atoms with Crippen LogP contribution in [0.15, 0.2) is 60.0 Å². The van der Waals surface area contributed by atoms with Crippen molar-refractivity contribution in [3.8, 4) is 11.3 Å². The molecule has 0 unspecified atom stereocenters. The molecule has 1 amide bonds. The van der Waals surface area contributed by atoms with Gasteiger partial charge in [0, 0.05) is 16.0 Å². The highest BCUT2D eigenvalue weighted by Crippen LogP contribution is 2.27. The van der Waals surface area contributed by atoms with Crippen molar-refractivity contribution in [3.05, 3.63) is 70.6 Å².